The van der Waals surface area contributed by atoms with Crippen molar-refractivity contribution in [1.82, 2.24) is 19.9 Å². The van der Waals surface area contributed by atoms with Crippen LogP contribution < -0.4 is 10.6 Å². The molecule has 0 radical (unpaired) electrons. The zero-order chi connectivity index (χ0) is 17.2. The molecule has 0 fully saturated rings. The number of aryl methyl sites for hydroxylation is 2. The highest BCUT2D eigenvalue weighted by molar-refractivity contribution is 5.77. The van der Waals surface area contributed by atoms with Crippen LogP contribution in [0.5, 0.6) is 0 Å². The van der Waals surface area contributed by atoms with E-state index < -0.39 is 0 Å². The molecule has 0 aromatic carbocycles. The molecule has 0 aliphatic heterocycles. The first kappa shape index (κ1) is 15.3. The Kier molecular flexibility index (Phi) is 3.85. The Bertz CT molecular complexity index is 975. The summed E-state index contributed by atoms with van der Waals surface area (Å²) in [6, 6.07) is 15.9. The van der Waals surface area contributed by atoms with Gasteiger partial charge in [-0.05, 0) is 62.4 Å². The van der Waals surface area contributed by atoms with E-state index in [1.54, 1.807) is 0 Å². The smallest absolute Gasteiger partial charge is 0.161 e. The second-order valence-electron chi connectivity index (χ2n) is 5.92. The van der Waals surface area contributed by atoms with E-state index in [0.717, 1.165) is 45.1 Å². The minimum atomic E-state index is 0.509. The standard InChI is InChI=1S/C19H18N6/c1-12-3-5-14-7-9-16(24-18(14)22-12)20-11-21-17-10-8-15-6-4-13(2)23-19(15)25-17/h3-10H,11H2,1-2H3,(H,20,22,24)(H,21,23,25). The van der Waals surface area contributed by atoms with E-state index in [4.69, 9.17) is 0 Å². The second kappa shape index (κ2) is 6.32. The number of anilines is 2. The van der Waals surface area contributed by atoms with Gasteiger partial charge >= 0.3 is 0 Å². The second-order valence-corrected chi connectivity index (χ2v) is 5.92. The van der Waals surface area contributed by atoms with Gasteiger partial charge in [0, 0.05) is 22.2 Å². The topological polar surface area (TPSA) is 75.6 Å². The predicted molar refractivity (Wildman–Crippen MR) is 101 cm³/mol. The van der Waals surface area contributed by atoms with E-state index in [0.29, 0.717) is 6.67 Å². The molecule has 0 amide bonds. The highest BCUT2D eigenvalue weighted by Gasteiger charge is 2.02. The van der Waals surface area contributed by atoms with Gasteiger partial charge in [-0.1, -0.05) is 0 Å². The van der Waals surface area contributed by atoms with Crippen molar-refractivity contribution in [3.8, 4) is 0 Å². The summed E-state index contributed by atoms with van der Waals surface area (Å²) in [5, 5.41) is 8.54. The SMILES string of the molecule is Cc1ccc2ccc(NCNc3ccc4ccc(C)nc4n3)nc2n1. The summed E-state index contributed by atoms with van der Waals surface area (Å²) in [6.45, 7) is 4.43. The van der Waals surface area contributed by atoms with E-state index in [2.05, 4.69) is 30.6 Å². The number of nitrogens with one attached hydrogen (secondary N) is 2. The molecule has 0 unspecified atom stereocenters. The Balaban J connectivity index is 1.46. The van der Waals surface area contributed by atoms with E-state index >= 15 is 0 Å². The molecule has 6 heteroatoms. The van der Waals surface area contributed by atoms with Crippen LogP contribution in [0.4, 0.5) is 11.6 Å². The van der Waals surface area contributed by atoms with Gasteiger partial charge in [-0.3, -0.25) is 0 Å². The lowest BCUT2D eigenvalue weighted by Crippen LogP contribution is -2.13. The van der Waals surface area contributed by atoms with Crippen LogP contribution in [-0.2, 0) is 0 Å². The van der Waals surface area contributed by atoms with Crippen molar-refractivity contribution in [2.24, 2.45) is 0 Å². The van der Waals surface area contributed by atoms with Gasteiger partial charge in [-0.15, -0.1) is 0 Å². The van der Waals surface area contributed by atoms with Gasteiger partial charge in [-0.2, -0.15) is 0 Å². The Morgan fingerprint density at radius 2 is 1.04 bits per heavy atom. The predicted octanol–water partition coefficient (Wildman–Crippen LogP) is 3.67. The lowest BCUT2D eigenvalue weighted by Gasteiger charge is -2.09. The molecule has 0 saturated carbocycles. The molecule has 4 aromatic rings. The quantitative estimate of drug-likeness (QED) is 0.556. The van der Waals surface area contributed by atoms with E-state index in [9.17, 15) is 0 Å². The average molecular weight is 330 g/mol. The fourth-order valence-corrected chi connectivity index (χ4v) is 2.61. The average Bonchev–Trinajstić information content (AvgIpc) is 2.61. The summed E-state index contributed by atoms with van der Waals surface area (Å²) in [6.07, 6.45) is 0. The van der Waals surface area contributed by atoms with Gasteiger partial charge in [0.2, 0.25) is 0 Å². The zero-order valence-corrected chi connectivity index (χ0v) is 14.1. The number of rotatable bonds is 4. The minimum absolute atomic E-state index is 0.509. The molecule has 25 heavy (non-hydrogen) atoms. The number of nitrogens with zero attached hydrogens (tertiary/aromatic N) is 4. The molecule has 0 saturated heterocycles. The molecule has 4 heterocycles. The maximum absolute atomic E-state index is 4.53. The first-order chi connectivity index (χ1) is 12.2. The van der Waals surface area contributed by atoms with Crippen LogP contribution in [0, 0.1) is 13.8 Å². The van der Waals surface area contributed by atoms with E-state index in [-0.39, 0.29) is 0 Å². The Morgan fingerprint density at radius 3 is 1.52 bits per heavy atom. The summed E-state index contributed by atoms with van der Waals surface area (Å²) in [5.41, 5.74) is 3.40. The van der Waals surface area contributed by atoms with Gasteiger partial charge in [0.25, 0.3) is 0 Å². The molecule has 2 N–H and O–H groups in total. The van der Waals surface area contributed by atoms with Crippen LogP contribution in [0.15, 0.2) is 48.5 Å². The number of fused-ring (bicyclic) bond motifs is 2. The monoisotopic (exact) mass is 330 g/mol. The Morgan fingerprint density at radius 1 is 0.600 bits per heavy atom. The van der Waals surface area contributed by atoms with Crippen molar-refractivity contribution in [1.29, 1.82) is 0 Å². The summed E-state index contributed by atoms with van der Waals surface area (Å²) < 4.78 is 0. The molecule has 0 spiro atoms. The molecule has 0 atom stereocenters. The fraction of sp³-hybridized carbons (Fsp3) is 0.158. The van der Waals surface area contributed by atoms with Gasteiger partial charge in [0.15, 0.2) is 11.3 Å². The maximum atomic E-state index is 4.53. The molecule has 0 aliphatic rings. The van der Waals surface area contributed by atoms with Gasteiger partial charge in [0.1, 0.15) is 11.6 Å². The third-order valence-corrected chi connectivity index (χ3v) is 3.92. The molecule has 6 nitrogen and oxygen atoms in total. The van der Waals surface area contributed by atoms with Crippen LogP contribution in [0.1, 0.15) is 11.4 Å². The highest BCUT2D eigenvalue weighted by Crippen LogP contribution is 2.15. The zero-order valence-electron chi connectivity index (χ0n) is 14.1. The van der Waals surface area contributed by atoms with Gasteiger partial charge in [0.05, 0.1) is 6.67 Å². The Labute approximate surface area is 145 Å². The van der Waals surface area contributed by atoms with Crippen LogP contribution in [0.3, 0.4) is 0 Å². The summed E-state index contributed by atoms with van der Waals surface area (Å²) in [5.74, 6) is 1.54. The molecule has 4 rings (SSSR count). The van der Waals surface area contributed by atoms with Crippen LogP contribution in [0.2, 0.25) is 0 Å². The van der Waals surface area contributed by atoms with Crippen LogP contribution >= 0.6 is 0 Å². The first-order valence-corrected chi connectivity index (χ1v) is 8.14. The lowest BCUT2D eigenvalue weighted by atomic mass is 10.2. The Hall–Kier alpha value is -3.28. The first-order valence-electron chi connectivity index (χ1n) is 8.14. The number of pyridine rings is 4. The van der Waals surface area contributed by atoms with Gasteiger partial charge in [-0.25, -0.2) is 19.9 Å². The minimum Gasteiger partial charge on any atom is -0.353 e. The third-order valence-electron chi connectivity index (χ3n) is 3.92. The molecule has 4 aromatic heterocycles. The highest BCUT2D eigenvalue weighted by atomic mass is 15.1. The molecule has 0 aliphatic carbocycles. The van der Waals surface area contributed by atoms with Gasteiger partial charge < -0.3 is 10.6 Å². The molecular weight excluding hydrogens is 312 g/mol. The van der Waals surface area contributed by atoms with E-state index in [1.165, 1.54) is 0 Å². The van der Waals surface area contributed by atoms with Crippen molar-refractivity contribution >= 4 is 33.7 Å². The van der Waals surface area contributed by atoms with Crippen LogP contribution in [-0.4, -0.2) is 26.6 Å². The van der Waals surface area contributed by atoms with Crippen molar-refractivity contribution < 1.29 is 0 Å². The van der Waals surface area contributed by atoms with Crippen molar-refractivity contribution in [3.63, 3.8) is 0 Å². The summed E-state index contributed by atoms with van der Waals surface area (Å²) in [4.78, 5) is 18.0. The summed E-state index contributed by atoms with van der Waals surface area (Å²) >= 11 is 0. The molecule has 0 bridgehead atoms. The molecular formula is C19H18N6. The lowest BCUT2D eigenvalue weighted by molar-refractivity contribution is 1.13. The number of hydrogen-bond donors (Lipinski definition) is 2. The fourth-order valence-electron chi connectivity index (χ4n) is 2.61. The summed E-state index contributed by atoms with van der Waals surface area (Å²) in [7, 11) is 0. The maximum Gasteiger partial charge on any atom is 0.161 e. The van der Waals surface area contributed by atoms with Crippen molar-refractivity contribution in [2.75, 3.05) is 17.3 Å². The molecule has 124 valence electrons. The van der Waals surface area contributed by atoms with Crippen LogP contribution in [0.25, 0.3) is 22.1 Å². The third kappa shape index (κ3) is 3.33. The van der Waals surface area contributed by atoms with Crippen molar-refractivity contribution in [3.05, 3.63) is 59.9 Å². The van der Waals surface area contributed by atoms with Crippen molar-refractivity contribution in [2.45, 2.75) is 13.8 Å². The number of hydrogen-bond acceptors (Lipinski definition) is 6. The van der Waals surface area contributed by atoms with E-state index in [1.807, 2.05) is 62.4 Å². The largest absolute Gasteiger partial charge is 0.353 e. The number of aromatic nitrogens is 4. The normalized spacial score (nSPS) is 11.0.